The van der Waals surface area contributed by atoms with Crippen molar-refractivity contribution in [3.8, 4) is 5.75 Å². The van der Waals surface area contributed by atoms with Gasteiger partial charge in [0.25, 0.3) is 5.91 Å². The van der Waals surface area contributed by atoms with Crippen molar-refractivity contribution in [3.05, 3.63) is 70.9 Å². The molecule has 0 aliphatic carbocycles. The Hall–Kier alpha value is -3.28. The second-order valence-electron chi connectivity index (χ2n) is 6.80. The predicted molar refractivity (Wildman–Crippen MR) is 103 cm³/mol. The van der Waals surface area contributed by atoms with Gasteiger partial charge in [-0.25, -0.2) is 4.79 Å². The molecule has 138 valence electrons. The van der Waals surface area contributed by atoms with E-state index in [0.29, 0.717) is 12.1 Å². The highest BCUT2D eigenvalue weighted by molar-refractivity contribution is 6.11. The van der Waals surface area contributed by atoms with Gasteiger partial charge in [0.05, 0.1) is 31.0 Å². The average molecular weight is 363 g/mol. The molecular formula is C21H21N3O3. The summed E-state index contributed by atoms with van der Waals surface area (Å²) in [7, 11) is 3.30. The number of benzene rings is 2. The smallest absolute Gasteiger partial charge is 0.322 e. The number of hydrogen-bond acceptors (Lipinski definition) is 3. The van der Waals surface area contributed by atoms with Crippen molar-refractivity contribution in [2.45, 2.75) is 13.0 Å². The third-order valence-electron chi connectivity index (χ3n) is 5.16. The number of carbonyl (C=O) groups is 2. The zero-order valence-electron chi connectivity index (χ0n) is 15.5. The van der Waals surface area contributed by atoms with Gasteiger partial charge in [-0.1, -0.05) is 29.8 Å². The van der Waals surface area contributed by atoms with Crippen LogP contribution < -0.4 is 15.0 Å². The maximum absolute atomic E-state index is 13.2. The molecule has 0 saturated carbocycles. The Morgan fingerprint density at radius 1 is 1.04 bits per heavy atom. The summed E-state index contributed by atoms with van der Waals surface area (Å²) in [6, 6.07) is 14.6. The van der Waals surface area contributed by atoms with E-state index in [1.54, 1.807) is 19.1 Å². The van der Waals surface area contributed by atoms with Crippen LogP contribution in [-0.4, -0.2) is 37.5 Å². The van der Waals surface area contributed by atoms with Gasteiger partial charge in [-0.05, 0) is 36.8 Å². The minimum atomic E-state index is -0.474. The first kappa shape index (κ1) is 17.1. The zero-order chi connectivity index (χ0) is 19.1. The molecule has 4 rings (SSSR count). The Bertz CT molecular complexity index is 932. The van der Waals surface area contributed by atoms with Gasteiger partial charge in [-0.3, -0.25) is 9.69 Å². The van der Waals surface area contributed by atoms with E-state index < -0.39 is 6.04 Å². The van der Waals surface area contributed by atoms with Gasteiger partial charge in [0.1, 0.15) is 5.75 Å². The van der Waals surface area contributed by atoms with Crippen LogP contribution in [0.3, 0.4) is 0 Å². The van der Waals surface area contributed by atoms with Crippen LogP contribution in [0.25, 0.3) is 0 Å². The van der Waals surface area contributed by atoms with Crippen LogP contribution in [-0.2, 0) is 4.79 Å². The minimum absolute atomic E-state index is 0.0819. The molecule has 0 spiro atoms. The molecule has 2 aromatic carbocycles. The molecule has 0 aromatic heterocycles. The highest BCUT2D eigenvalue weighted by atomic mass is 16.5. The molecule has 6 heteroatoms. The van der Waals surface area contributed by atoms with Gasteiger partial charge in [-0.2, -0.15) is 0 Å². The number of likely N-dealkylation sites (N-methyl/N-ethyl adjacent to an activating group) is 1. The fraction of sp³-hybridized carbons (Fsp3) is 0.238. The van der Waals surface area contributed by atoms with Crippen LogP contribution in [0.5, 0.6) is 5.75 Å². The molecule has 1 N–H and O–H groups in total. The highest BCUT2D eigenvalue weighted by Crippen LogP contribution is 2.37. The maximum Gasteiger partial charge on any atom is 0.322 e. The first-order valence-electron chi connectivity index (χ1n) is 8.79. The van der Waals surface area contributed by atoms with Gasteiger partial charge in [0, 0.05) is 12.7 Å². The van der Waals surface area contributed by atoms with Gasteiger partial charge < -0.3 is 15.0 Å². The quantitative estimate of drug-likeness (QED) is 0.912. The Morgan fingerprint density at radius 3 is 2.33 bits per heavy atom. The van der Waals surface area contributed by atoms with Crippen LogP contribution in [0.4, 0.5) is 10.5 Å². The van der Waals surface area contributed by atoms with Crippen molar-refractivity contribution in [3.63, 3.8) is 0 Å². The molecule has 2 aliphatic heterocycles. The van der Waals surface area contributed by atoms with Crippen LogP contribution in [0.15, 0.2) is 59.8 Å². The summed E-state index contributed by atoms with van der Waals surface area (Å²) < 4.78 is 5.20. The fourth-order valence-corrected chi connectivity index (χ4v) is 3.55. The molecular weight excluding hydrogens is 342 g/mol. The molecule has 3 amide bonds. The van der Waals surface area contributed by atoms with Gasteiger partial charge in [-0.15, -0.1) is 0 Å². The monoisotopic (exact) mass is 363 g/mol. The predicted octanol–water partition coefficient (Wildman–Crippen LogP) is 3.00. The first-order valence-corrected chi connectivity index (χ1v) is 8.79. The number of methoxy groups -OCH3 is 1. The van der Waals surface area contributed by atoms with Crippen LogP contribution >= 0.6 is 0 Å². The maximum atomic E-state index is 13.2. The highest BCUT2D eigenvalue weighted by Gasteiger charge is 2.43. The Balaban J connectivity index is 1.73. The second kappa shape index (κ2) is 6.46. The molecule has 2 heterocycles. The van der Waals surface area contributed by atoms with Gasteiger partial charge >= 0.3 is 6.03 Å². The molecule has 0 radical (unpaired) electrons. The van der Waals surface area contributed by atoms with Crippen LogP contribution in [0.1, 0.15) is 17.2 Å². The average Bonchev–Trinajstić information content (AvgIpc) is 3.03. The first-order chi connectivity index (χ1) is 13.0. The molecule has 0 bridgehead atoms. The number of ether oxygens (including phenoxy) is 1. The van der Waals surface area contributed by atoms with Crippen molar-refractivity contribution in [1.29, 1.82) is 0 Å². The Labute approximate surface area is 158 Å². The lowest BCUT2D eigenvalue weighted by atomic mass is 9.95. The van der Waals surface area contributed by atoms with E-state index >= 15 is 0 Å². The molecule has 2 aromatic rings. The standard InChI is InChI=1S/C21H21N3O3/c1-13-4-8-15(9-5-13)24-12-17-18(20(24)25)19(22-21(26)23(17)2)14-6-10-16(27-3)11-7-14/h4-11,19H,12H2,1-3H3,(H,22,26). The molecule has 1 atom stereocenters. The number of aryl methyl sites for hydroxylation is 1. The lowest BCUT2D eigenvalue weighted by molar-refractivity contribution is -0.114. The lowest BCUT2D eigenvalue weighted by Crippen LogP contribution is -2.45. The zero-order valence-corrected chi connectivity index (χ0v) is 15.5. The van der Waals surface area contributed by atoms with E-state index in [9.17, 15) is 9.59 Å². The fourth-order valence-electron chi connectivity index (χ4n) is 3.55. The third-order valence-corrected chi connectivity index (χ3v) is 5.16. The van der Waals surface area contributed by atoms with Crippen molar-refractivity contribution in [2.75, 3.05) is 25.6 Å². The number of urea groups is 1. The SMILES string of the molecule is COc1ccc(C2NC(=O)N(C)C3=C2C(=O)N(c2ccc(C)cc2)C3)cc1. The lowest BCUT2D eigenvalue weighted by Gasteiger charge is -2.31. The number of nitrogens with zero attached hydrogens (tertiary/aromatic N) is 2. The van der Waals surface area contributed by atoms with Gasteiger partial charge in [0.2, 0.25) is 0 Å². The van der Waals surface area contributed by atoms with Crippen LogP contribution in [0.2, 0.25) is 0 Å². The number of amides is 3. The second-order valence-corrected chi connectivity index (χ2v) is 6.80. The summed E-state index contributed by atoms with van der Waals surface area (Å²) in [4.78, 5) is 29.0. The topological polar surface area (TPSA) is 61.9 Å². The molecule has 0 saturated heterocycles. The number of hydrogen-bond donors (Lipinski definition) is 1. The van der Waals surface area contributed by atoms with Crippen molar-refractivity contribution in [2.24, 2.45) is 0 Å². The summed E-state index contributed by atoms with van der Waals surface area (Å²) >= 11 is 0. The van der Waals surface area contributed by atoms with E-state index in [-0.39, 0.29) is 11.9 Å². The van der Waals surface area contributed by atoms with E-state index in [4.69, 9.17) is 4.74 Å². The summed E-state index contributed by atoms with van der Waals surface area (Å²) in [6.45, 7) is 2.39. The number of anilines is 1. The van der Waals surface area contributed by atoms with Gasteiger partial charge in [0.15, 0.2) is 0 Å². The Kier molecular flexibility index (Phi) is 4.11. The van der Waals surface area contributed by atoms with Crippen molar-refractivity contribution < 1.29 is 14.3 Å². The van der Waals surface area contributed by atoms with Crippen molar-refractivity contribution in [1.82, 2.24) is 10.2 Å². The molecule has 27 heavy (non-hydrogen) atoms. The van der Waals surface area contributed by atoms with Crippen LogP contribution in [0, 0.1) is 6.92 Å². The van der Waals surface area contributed by atoms with E-state index in [2.05, 4.69) is 5.32 Å². The summed E-state index contributed by atoms with van der Waals surface area (Å²) in [5.41, 5.74) is 4.17. The van der Waals surface area contributed by atoms with E-state index in [1.165, 1.54) is 4.90 Å². The number of nitrogens with one attached hydrogen (secondary N) is 1. The van der Waals surface area contributed by atoms with E-state index in [1.807, 2.05) is 55.5 Å². The third kappa shape index (κ3) is 2.83. The Morgan fingerprint density at radius 2 is 1.70 bits per heavy atom. The molecule has 6 nitrogen and oxygen atoms in total. The van der Waals surface area contributed by atoms with Crippen molar-refractivity contribution >= 4 is 17.6 Å². The summed E-state index contributed by atoms with van der Waals surface area (Å²) in [5.74, 6) is 0.646. The van der Waals surface area contributed by atoms with E-state index in [0.717, 1.165) is 28.3 Å². The summed E-state index contributed by atoms with van der Waals surface area (Å²) in [5, 5.41) is 2.94. The largest absolute Gasteiger partial charge is 0.497 e. The molecule has 0 fully saturated rings. The number of rotatable bonds is 3. The summed E-state index contributed by atoms with van der Waals surface area (Å²) in [6.07, 6.45) is 0. The molecule has 2 aliphatic rings. The minimum Gasteiger partial charge on any atom is -0.497 e. The molecule has 1 unspecified atom stereocenters. The normalized spacial score (nSPS) is 19.3. The number of carbonyl (C=O) groups excluding carboxylic acids is 2.